The van der Waals surface area contributed by atoms with Crippen molar-refractivity contribution in [2.24, 2.45) is 5.92 Å². The largest absolute Gasteiger partial charge is 0.256 e. The van der Waals surface area contributed by atoms with Crippen LogP contribution in [0.5, 0.6) is 0 Å². The van der Waals surface area contributed by atoms with E-state index in [9.17, 15) is 8.42 Å². The van der Waals surface area contributed by atoms with Gasteiger partial charge in [0.05, 0.1) is 16.5 Å². The standard InChI is InChI=1S/C14H15N3O2S/c1-10(2)13(9-15)17-20(18,19)14-7-3-6-12-11(14)5-4-8-16-12/h3-8,10,13,17H,1-2H3. The van der Waals surface area contributed by atoms with Crippen LogP contribution in [0.2, 0.25) is 0 Å². The molecule has 0 aliphatic heterocycles. The topological polar surface area (TPSA) is 82.9 Å². The monoisotopic (exact) mass is 289 g/mol. The Morgan fingerprint density at radius 1 is 1.25 bits per heavy atom. The van der Waals surface area contributed by atoms with Crippen molar-refractivity contribution in [3.63, 3.8) is 0 Å². The second kappa shape index (κ2) is 5.57. The highest BCUT2D eigenvalue weighted by Crippen LogP contribution is 2.21. The van der Waals surface area contributed by atoms with Crippen molar-refractivity contribution in [2.45, 2.75) is 24.8 Å². The molecule has 2 rings (SSSR count). The number of benzene rings is 1. The molecule has 0 spiro atoms. The van der Waals surface area contributed by atoms with Crippen molar-refractivity contribution in [1.82, 2.24) is 9.71 Å². The van der Waals surface area contributed by atoms with Crippen LogP contribution in [0.15, 0.2) is 41.4 Å². The highest BCUT2D eigenvalue weighted by atomic mass is 32.2. The average molecular weight is 289 g/mol. The summed E-state index contributed by atoms with van der Waals surface area (Å²) in [5.74, 6) is -0.108. The summed E-state index contributed by atoms with van der Waals surface area (Å²) in [7, 11) is -3.76. The molecule has 1 unspecified atom stereocenters. The van der Waals surface area contributed by atoms with E-state index in [4.69, 9.17) is 5.26 Å². The number of nitrogens with one attached hydrogen (secondary N) is 1. The molecular weight excluding hydrogens is 274 g/mol. The molecule has 0 aliphatic rings. The average Bonchev–Trinajstić information content (AvgIpc) is 2.43. The van der Waals surface area contributed by atoms with E-state index in [1.54, 1.807) is 44.3 Å². The molecular formula is C14H15N3O2S. The molecule has 104 valence electrons. The smallest absolute Gasteiger partial charge is 0.242 e. The van der Waals surface area contributed by atoms with Crippen molar-refractivity contribution in [1.29, 1.82) is 5.26 Å². The summed E-state index contributed by atoms with van der Waals surface area (Å²) >= 11 is 0. The minimum absolute atomic E-state index is 0.108. The van der Waals surface area contributed by atoms with Crippen molar-refractivity contribution in [2.75, 3.05) is 0 Å². The molecule has 1 aromatic heterocycles. The molecule has 0 radical (unpaired) electrons. The number of aromatic nitrogens is 1. The number of sulfonamides is 1. The Bertz CT molecular complexity index is 758. The van der Waals surface area contributed by atoms with Gasteiger partial charge in [0.15, 0.2) is 0 Å². The quantitative estimate of drug-likeness (QED) is 0.934. The molecule has 20 heavy (non-hydrogen) atoms. The van der Waals surface area contributed by atoms with Crippen LogP contribution < -0.4 is 4.72 Å². The van der Waals surface area contributed by atoms with Gasteiger partial charge in [0, 0.05) is 11.6 Å². The van der Waals surface area contributed by atoms with E-state index >= 15 is 0 Å². The maximum atomic E-state index is 12.4. The molecule has 1 N–H and O–H groups in total. The van der Waals surface area contributed by atoms with Gasteiger partial charge in [-0.3, -0.25) is 4.98 Å². The Morgan fingerprint density at radius 2 is 2.00 bits per heavy atom. The Morgan fingerprint density at radius 3 is 2.65 bits per heavy atom. The van der Waals surface area contributed by atoms with E-state index < -0.39 is 16.1 Å². The fraction of sp³-hybridized carbons (Fsp3) is 0.286. The first-order chi connectivity index (χ1) is 9.45. The van der Waals surface area contributed by atoms with E-state index in [2.05, 4.69) is 9.71 Å². The third-order valence-corrected chi connectivity index (χ3v) is 4.48. The van der Waals surface area contributed by atoms with E-state index in [0.717, 1.165) is 0 Å². The minimum atomic E-state index is -3.76. The molecule has 1 heterocycles. The second-order valence-corrected chi connectivity index (χ2v) is 6.48. The number of hydrogen-bond acceptors (Lipinski definition) is 4. The van der Waals surface area contributed by atoms with Gasteiger partial charge in [-0.25, -0.2) is 8.42 Å². The second-order valence-electron chi connectivity index (χ2n) is 4.80. The lowest BCUT2D eigenvalue weighted by atomic mass is 10.1. The van der Waals surface area contributed by atoms with Crippen molar-refractivity contribution >= 4 is 20.9 Å². The summed E-state index contributed by atoms with van der Waals surface area (Å²) in [5.41, 5.74) is 0.605. The fourth-order valence-corrected chi connectivity index (χ4v) is 3.36. The van der Waals surface area contributed by atoms with Gasteiger partial charge < -0.3 is 0 Å². The van der Waals surface area contributed by atoms with Crippen LogP contribution in [0.1, 0.15) is 13.8 Å². The SMILES string of the molecule is CC(C)C(C#N)NS(=O)(=O)c1cccc2ncccc12. The molecule has 0 fully saturated rings. The lowest BCUT2D eigenvalue weighted by Gasteiger charge is -2.16. The summed E-state index contributed by atoms with van der Waals surface area (Å²) in [6.07, 6.45) is 1.61. The number of hydrogen-bond donors (Lipinski definition) is 1. The van der Waals surface area contributed by atoms with Crippen molar-refractivity contribution < 1.29 is 8.42 Å². The molecule has 5 nitrogen and oxygen atoms in total. The van der Waals surface area contributed by atoms with Crippen LogP contribution in [0.3, 0.4) is 0 Å². The van der Waals surface area contributed by atoms with Crippen molar-refractivity contribution in [3.05, 3.63) is 36.5 Å². The number of rotatable bonds is 4. The van der Waals surface area contributed by atoms with Gasteiger partial charge in [-0.1, -0.05) is 19.9 Å². The molecule has 0 saturated carbocycles. The maximum absolute atomic E-state index is 12.4. The van der Waals surface area contributed by atoms with Crippen LogP contribution >= 0.6 is 0 Å². The van der Waals surface area contributed by atoms with E-state index in [1.165, 1.54) is 6.07 Å². The van der Waals surface area contributed by atoms with Gasteiger partial charge >= 0.3 is 0 Å². The first-order valence-electron chi connectivity index (χ1n) is 6.21. The lowest BCUT2D eigenvalue weighted by Crippen LogP contribution is -2.37. The Kier molecular flexibility index (Phi) is 4.02. The molecule has 0 amide bonds. The van der Waals surface area contributed by atoms with Gasteiger partial charge in [0.1, 0.15) is 6.04 Å². The summed E-state index contributed by atoms with van der Waals surface area (Å²) < 4.78 is 27.3. The lowest BCUT2D eigenvalue weighted by molar-refractivity contribution is 0.515. The molecule has 0 bridgehead atoms. The Balaban J connectivity index is 2.50. The first-order valence-corrected chi connectivity index (χ1v) is 7.69. The molecule has 1 aromatic carbocycles. The van der Waals surface area contributed by atoms with E-state index in [-0.39, 0.29) is 10.8 Å². The summed E-state index contributed by atoms with van der Waals surface area (Å²) in [6, 6.07) is 9.50. The zero-order chi connectivity index (χ0) is 14.8. The third kappa shape index (κ3) is 2.79. The van der Waals surface area contributed by atoms with Gasteiger partial charge in [0.25, 0.3) is 0 Å². The predicted octanol–water partition coefficient (Wildman–Crippen LogP) is 2.06. The van der Waals surface area contributed by atoms with Gasteiger partial charge in [-0.2, -0.15) is 9.98 Å². The van der Waals surface area contributed by atoms with Crippen LogP contribution in [-0.4, -0.2) is 19.4 Å². The highest BCUT2D eigenvalue weighted by molar-refractivity contribution is 7.89. The first kappa shape index (κ1) is 14.4. The fourth-order valence-electron chi connectivity index (χ4n) is 1.85. The molecule has 0 saturated heterocycles. The summed E-state index contributed by atoms with van der Waals surface area (Å²) in [4.78, 5) is 4.28. The Hall–Kier alpha value is -1.97. The van der Waals surface area contributed by atoms with Gasteiger partial charge in [0.2, 0.25) is 10.0 Å². The van der Waals surface area contributed by atoms with Crippen LogP contribution in [-0.2, 0) is 10.0 Å². The number of fused-ring (bicyclic) bond motifs is 1. The summed E-state index contributed by atoms with van der Waals surface area (Å²) in [6.45, 7) is 3.59. The molecule has 6 heteroatoms. The number of nitrogens with zero attached hydrogens (tertiary/aromatic N) is 2. The molecule has 2 aromatic rings. The Labute approximate surface area is 118 Å². The van der Waals surface area contributed by atoms with Crippen molar-refractivity contribution in [3.8, 4) is 6.07 Å². The normalized spacial score (nSPS) is 13.3. The summed E-state index contributed by atoms with van der Waals surface area (Å²) in [5, 5.41) is 9.58. The van der Waals surface area contributed by atoms with Crippen LogP contribution in [0.4, 0.5) is 0 Å². The maximum Gasteiger partial charge on any atom is 0.242 e. The molecule has 0 aliphatic carbocycles. The zero-order valence-electron chi connectivity index (χ0n) is 11.2. The number of nitriles is 1. The zero-order valence-corrected chi connectivity index (χ0v) is 12.1. The van der Waals surface area contributed by atoms with Gasteiger partial charge in [-0.15, -0.1) is 0 Å². The van der Waals surface area contributed by atoms with Crippen LogP contribution in [0.25, 0.3) is 10.9 Å². The number of pyridine rings is 1. The highest BCUT2D eigenvalue weighted by Gasteiger charge is 2.23. The predicted molar refractivity (Wildman–Crippen MR) is 76.3 cm³/mol. The molecule has 1 atom stereocenters. The third-order valence-electron chi connectivity index (χ3n) is 2.98. The van der Waals surface area contributed by atoms with Crippen LogP contribution in [0, 0.1) is 17.2 Å². The van der Waals surface area contributed by atoms with E-state index in [1.807, 2.05) is 6.07 Å². The van der Waals surface area contributed by atoms with Gasteiger partial charge in [-0.05, 0) is 30.2 Å². The van der Waals surface area contributed by atoms with E-state index in [0.29, 0.717) is 10.9 Å². The minimum Gasteiger partial charge on any atom is -0.256 e.